The molecule has 0 aromatic carbocycles. The molecule has 2 aromatic heterocycles. The first-order valence-corrected chi connectivity index (χ1v) is 7.14. The molecule has 0 unspecified atom stereocenters. The Balaban J connectivity index is 1.60. The Hall–Kier alpha value is -1.91. The number of ketones is 1. The fourth-order valence-electron chi connectivity index (χ4n) is 2.48. The summed E-state index contributed by atoms with van der Waals surface area (Å²) in [7, 11) is 0. The molecule has 2 aliphatic rings. The third kappa shape index (κ3) is 1.72. The number of carbonyl (C=O) groups is 1. The quantitative estimate of drug-likeness (QED) is 0.801. The van der Waals surface area contributed by atoms with Gasteiger partial charge in [-0.05, 0) is 39.5 Å². The molecule has 0 radical (unpaired) electrons. The van der Waals surface area contributed by atoms with E-state index in [4.69, 9.17) is 0 Å². The third-order valence-corrected chi connectivity index (χ3v) is 4.82. The second-order valence-corrected chi connectivity index (χ2v) is 6.66. The van der Waals surface area contributed by atoms with Crippen LogP contribution >= 0.6 is 0 Å². The SMILES string of the molecule is CC1(n2cnc(C(=O)c3cn(C4(C)CC4)cn3)c2)CC1. The summed E-state index contributed by atoms with van der Waals surface area (Å²) in [6, 6.07) is 0. The summed E-state index contributed by atoms with van der Waals surface area (Å²) in [5.41, 5.74) is 1.33. The highest BCUT2D eigenvalue weighted by atomic mass is 16.1. The molecule has 4 rings (SSSR count). The Morgan fingerprint density at radius 3 is 1.70 bits per heavy atom. The minimum atomic E-state index is -0.0870. The fraction of sp³-hybridized carbons (Fsp3) is 0.533. The van der Waals surface area contributed by atoms with Crippen molar-refractivity contribution in [3.63, 3.8) is 0 Å². The predicted molar refractivity (Wildman–Crippen MR) is 73.7 cm³/mol. The average molecular weight is 270 g/mol. The van der Waals surface area contributed by atoms with Gasteiger partial charge in [-0.2, -0.15) is 0 Å². The summed E-state index contributed by atoms with van der Waals surface area (Å²) in [5, 5.41) is 0. The van der Waals surface area contributed by atoms with Crippen molar-refractivity contribution in [2.24, 2.45) is 0 Å². The van der Waals surface area contributed by atoms with Crippen LogP contribution in [0.25, 0.3) is 0 Å². The van der Waals surface area contributed by atoms with E-state index in [1.807, 2.05) is 12.4 Å². The summed E-state index contributed by atoms with van der Waals surface area (Å²) < 4.78 is 4.11. The molecular formula is C15H18N4O. The Morgan fingerprint density at radius 1 is 0.950 bits per heavy atom. The first kappa shape index (κ1) is 11.9. The van der Waals surface area contributed by atoms with Gasteiger partial charge in [-0.1, -0.05) is 0 Å². The van der Waals surface area contributed by atoms with Crippen LogP contribution in [0.2, 0.25) is 0 Å². The molecule has 0 atom stereocenters. The maximum atomic E-state index is 12.4. The van der Waals surface area contributed by atoms with E-state index in [2.05, 4.69) is 32.9 Å². The fourth-order valence-corrected chi connectivity index (χ4v) is 2.48. The molecule has 5 nitrogen and oxygen atoms in total. The van der Waals surface area contributed by atoms with E-state index in [0.29, 0.717) is 11.4 Å². The van der Waals surface area contributed by atoms with E-state index in [1.165, 1.54) is 0 Å². The number of aromatic nitrogens is 4. The molecule has 0 aliphatic heterocycles. The predicted octanol–water partition coefficient (Wildman–Crippen LogP) is 2.33. The lowest BCUT2D eigenvalue weighted by molar-refractivity contribution is 0.103. The van der Waals surface area contributed by atoms with Crippen LogP contribution in [0.3, 0.4) is 0 Å². The second kappa shape index (κ2) is 3.59. The van der Waals surface area contributed by atoms with Crippen molar-refractivity contribution >= 4 is 5.78 Å². The van der Waals surface area contributed by atoms with Crippen LogP contribution in [-0.4, -0.2) is 24.9 Å². The highest BCUT2D eigenvalue weighted by Crippen LogP contribution is 2.43. The number of hydrogen-bond donors (Lipinski definition) is 0. The summed E-state index contributed by atoms with van der Waals surface area (Å²) in [6.45, 7) is 4.37. The largest absolute Gasteiger partial charge is 0.331 e. The molecule has 2 aliphatic carbocycles. The van der Waals surface area contributed by atoms with Crippen LogP contribution in [0.4, 0.5) is 0 Å². The molecule has 0 amide bonds. The standard InChI is InChI=1S/C15H18N4O/c1-14(3-4-14)18-7-11(16-9-18)13(20)12-8-19(10-17-12)15(2)5-6-15/h7-10H,3-6H2,1-2H3. The van der Waals surface area contributed by atoms with Gasteiger partial charge in [0.05, 0.1) is 12.7 Å². The zero-order valence-electron chi connectivity index (χ0n) is 11.8. The number of imidazole rings is 2. The summed E-state index contributed by atoms with van der Waals surface area (Å²) in [5.74, 6) is -0.0870. The van der Waals surface area contributed by atoms with Gasteiger partial charge in [0.15, 0.2) is 0 Å². The molecule has 0 bridgehead atoms. The van der Waals surface area contributed by atoms with Crippen LogP contribution in [-0.2, 0) is 11.1 Å². The molecule has 5 heteroatoms. The molecule has 0 saturated heterocycles. The minimum absolute atomic E-state index is 0.0870. The van der Waals surface area contributed by atoms with Gasteiger partial charge in [0.1, 0.15) is 11.4 Å². The molecular weight excluding hydrogens is 252 g/mol. The summed E-state index contributed by atoms with van der Waals surface area (Å²) >= 11 is 0. The van der Waals surface area contributed by atoms with Gasteiger partial charge in [0.25, 0.3) is 0 Å². The molecule has 0 N–H and O–H groups in total. The van der Waals surface area contributed by atoms with Crippen molar-refractivity contribution in [3.8, 4) is 0 Å². The minimum Gasteiger partial charge on any atom is -0.331 e. The third-order valence-electron chi connectivity index (χ3n) is 4.82. The van der Waals surface area contributed by atoms with Crippen LogP contribution in [0.5, 0.6) is 0 Å². The van der Waals surface area contributed by atoms with Gasteiger partial charge in [0.2, 0.25) is 5.78 Å². The normalized spacial score (nSPS) is 21.7. The molecule has 2 fully saturated rings. The maximum Gasteiger partial charge on any atom is 0.232 e. The lowest BCUT2D eigenvalue weighted by Crippen LogP contribution is -2.10. The first-order chi connectivity index (χ1) is 9.50. The van der Waals surface area contributed by atoms with Gasteiger partial charge in [-0.15, -0.1) is 0 Å². The van der Waals surface area contributed by atoms with Gasteiger partial charge >= 0.3 is 0 Å². The van der Waals surface area contributed by atoms with Crippen LogP contribution in [0, 0.1) is 0 Å². The van der Waals surface area contributed by atoms with Gasteiger partial charge < -0.3 is 9.13 Å². The van der Waals surface area contributed by atoms with Crippen molar-refractivity contribution in [1.82, 2.24) is 19.1 Å². The maximum absolute atomic E-state index is 12.4. The smallest absolute Gasteiger partial charge is 0.232 e. The van der Waals surface area contributed by atoms with Crippen molar-refractivity contribution in [1.29, 1.82) is 0 Å². The Kier molecular flexibility index (Phi) is 2.13. The number of hydrogen-bond acceptors (Lipinski definition) is 3. The molecule has 0 spiro atoms. The van der Waals surface area contributed by atoms with Crippen LogP contribution in [0.15, 0.2) is 25.0 Å². The lowest BCUT2D eigenvalue weighted by atomic mass is 10.2. The van der Waals surface area contributed by atoms with Crippen molar-refractivity contribution < 1.29 is 4.79 Å². The summed E-state index contributed by atoms with van der Waals surface area (Å²) in [4.78, 5) is 20.9. The monoisotopic (exact) mass is 270 g/mol. The number of carbonyl (C=O) groups excluding carboxylic acids is 1. The first-order valence-electron chi connectivity index (χ1n) is 7.14. The van der Waals surface area contributed by atoms with Gasteiger partial charge in [-0.25, -0.2) is 9.97 Å². The van der Waals surface area contributed by atoms with E-state index < -0.39 is 0 Å². The average Bonchev–Trinajstić information content (AvgIpc) is 3.23. The van der Waals surface area contributed by atoms with Crippen molar-refractivity contribution in [2.45, 2.75) is 50.6 Å². The van der Waals surface area contributed by atoms with E-state index in [-0.39, 0.29) is 16.9 Å². The summed E-state index contributed by atoms with van der Waals surface area (Å²) in [6.07, 6.45) is 11.9. The highest BCUT2D eigenvalue weighted by Gasteiger charge is 2.40. The van der Waals surface area contributed by atoms with Crippen LogP contribution < -0.4 is 0 Å². The van der Waals surface area contributed by atoms with E-state index in [1.54, 1.807) is 12.7 Å². The van der Waals surface area contributed by atoms with E-state index in [9.17, 15) is 4.79 Å². The number of rotatable bonds is 4. The Bertz CT molecular complexity index is 630. The van der Waals surface area contributed by atoms with E-state index >= 15 is 0 Å². The zero-order chi connectivity index (χ0) is 14.0. The second-order valence-electron chi connectivity index (χ2n) is 6.66. The van der Waals surface area contributed by atoms with Gasteiger partial charge in [-0.3, -0.25) is 4.79 Å². The highest BCUT2D eigenvalue weighted by molar-refractivity contribution is 6.06. The number of nitrogens with zero attached hydrogens (tertiary/aromatic N) is 4. The van der Waals surface area contributed by atoms with Crippen molar-refractivity contribution in [3.05, 3.63) is 36.4 Å². The van der Waals surface area contributed by atoms with Crippen LogP contribution in [0.1, 0.15) is 55.7 Å². The molecule has 2 saturated carbocycles. The van der Waals surface area contributed by atoms with E-state index in [0.717, 1.165) is 25.7 Å². The molecule has 2 heterocycles. The van der Waals surface area contributed by atoms with Gasteiger partial charge in [0, 0.05) is 23.5 Å². The molecule has 2 aromatic rings. The topological polar surface area (TPSA) is 52.7 Å². The Morgan fingerprint density at radius 2 is 1.35 bits per heavy atom. The van der Waals surface area contributed by atoms with Crippen molar-refractivity contribution in [2.75, 3.05) is 0 Å². The Labute approximate surface area is 117 Å². The molecule has 20 heavy (non-hydrogen) atoms. The zero-order valence-corrected chi connectivity index (χ0v) is 11.8. The molecule has 104 valence electrons. The lowest BCUT2D eigenvalue weighted by Gasteiger charge is -2.08.